The van der Waals surface area contributed by atoms with E-state index in [4.69, 9.17) is 9.47 Å². The van der Waals surface area contributed by atoms with Gasteiger partial charge in [-0.25, -0.2) is 0 Å². The van der Waals surface area contributed by atoms with E-state index in [1.807, 2.05) is 0 Å². The summed E-state index contributed by atoms with van der Waals surface area (Å²) in [5.41, 5.74) is 0. The smallest absolute Gasteiger partial charge is 0.114 e. The van der Waals surface area contributed by atoms with E-state index in [0.717, 1.165) is 12.8 Å². The first-order valence-corrected chi connectivity index (χ1v) is 11.6. The molecule has 28 heavy (non-hydrogen) atoms. The lowest BCUT2D eigenvalue weighted by molar-refractivity contribution is -0.101. The molecule has 1 rings (SSSR count). The summed E-state index contributed by atoms with van der Waals surface area (Å²) in [5.74, 6) is 0. The maximum atomic E-state index is 9.82. The highest BCUT2D eigenvalue weighted by Gasteiger charge is 2.40. The third-order valence-electron chi connectivity index (χ3n) is 5.47. The van der Waals surface area contributed by atoms with Crippen LogP contribution in [0.15, 0.2) is 12.2 Å². The molecule has 1 aliphatic rings. The molecular weight excluding hydrogens is 356 g/mol. The zero-order valence-electron chi connectivity index (χ0n) is 17.9. The van der Waals surface area contributed by atoms with Gasteiger partial charge in [-0.05, 0) is 32.1 Å². The fourth-order valence-corrected chi connectivity index (χ4v) is 3.61. The van der Waals surface area contributed by atoms with E-state index in [2.05, 4.69) is 19.1 Å². The number of hydrogen-bond acceptors (Lipinski definition) is 5. The molecule has 0 amide bonds. The van der Waals surface area contributed by atoms with Gasteiger partial charge < -0.3 is 24.8 Å². The van der Waals surface area contributed by atoms with E-state index in [0.29, 0.717) is 6.61 Å². The summed E-state index contributed by atoms with van der Waals surface area (Å²) < 4.78 is 11.0. The van der Waals surface area contributed by atoms with Gasteiger partial charge in [-0.15, -0.1) is 0 Å². The Bertz CT molecular complexity index is 374. The van der Waals surface area contributed by atoms with Crippen molar-refractivity contribution in [1.29, 1.82) is 0 Å². The Kier molecular flexibility index (Phi) is 15.9. The van der Waals surface area contributed by atoms with E-state index < -0.39 is 24.4 Å². The summed E-state index contributed by atoms with van der Waals surface area (Å²) in [7, 11) is 0. The minimum absolute atomic E-state index is 0.0982. The van der Waals surface area contributed by atoms with Gasteiger partial charge in [0.25, 0.3) is 0 Å². The quantitative estimate of drug-likeness (QED) is 0.238. The average molecular weight is 401 g/mol. The number of allylic oxidation sites excluding steroid dienone is 2. The highest BCUT2D eigenvalue weighted by molar-refractivity contribution is 4.88. The van der Waals surface area contributed by atoms with Crippen molar-refractivity contribution in [2.45, 2.75) is 115 Å². The van der Waals surface area contributed by atoms with E-state index in [9.17, 15) is 15.3 Å². The Labute approximate surface area is 172 Å². The van der Waals surface area contributed by atoms with Crippen molar-refractivity contribution in [3.8, 4) is 0 Å². The topological polar surface area (TPSA) is 79.2 Å². The third-order valence-corrected chi connectivity index (χ3v) is 5.47. The normalized spacial score (nSPS) is 23.6. The van der Waals surface area contributed by atoms with Gasteiger partial charge in [0.2, 0.25) is 0 Å². The van der Waals surface area contributed by atoms with Crippen LogP contribution in [0.5, 0.6) is 0 Å². The molecule has 0 aromatic rings. The number of hydrogen-bond donors (Lipinski definition) is 3. The summed E-state index contributed by atoms with van der Waals surface area (Å²) in [6.07, 6.45) is 17.9. The number of rotatable bonds is 18. The van der Waals surface area contributed by atoms with Gasteiger partial charge in [0.05, 0.1) is 13.2 Å². The highest BCUT2D eigenvalue weighted by atomic mass is 16.6. The molecule has 0 bridgehead atoms. The van der Waals surface area contributed by atoms with Crippen LogP contribution in [0, 0.1) is 0 Å². The van der Waals surface area contributed by atoms with Crippen LogP contribution in [-0.2, 0) is 9.47 Å². The van der Waals surface area contributed by atoms with Crippen molar-refractivity contribution < 1.29 is 24.8 Å². The Morgan fingerprint density at radius 2 is 1.46 bits per heavy atom. The first kappa shape index (κ1) is 25.6. The van der Waals surface area contributed by atoms with Crippen LogP contribution in [0.4, 0.5) is 0 Å². The minimum Gasteiger partial charge on any atom is -0.394 e. The van der Waals surface area contributed by atoms with Crippen LogP contribution < -0.4 is 0 Å². The molecule has 5 nitrogen and oxygen atoms in total. The van der Waals surface area contributed by atoms with Crippen molar-refractivity contribution in [2.75, 3.05) is 19.8 Å². The summed E-state index contributed by atoms with van der Waals surface area (Å²) >= 11 is 0. The predicted octanol–water partition coefficient (Wildman–Crippen LogP) is 4.13. The maximum absolute atomic E-state index is 9.82. The lowest BCUT2D eigenvalue weighted by atomic mass is 10.1. The Balaban J connectivity index is 1.86. The molecule has 0 radical (unpaired) electrons. The van der Waals surface area contributed by atoms with Gasteiger partial charge in [-0.1, -0.05) is 70.4 Å². The van der Waals surface area contributed by atoms with Crippen LogP contribution in [0.2, 0.25) is 0 Å². The molecule has 166 valence electrons. The fraction of sp³-hybridized carbons (Fsp3) is 0.913. The highest BCUT2D eigenvalue weighted by Crippen LogP contribution is 2.20. The van der Waals surface area contributed by atoms with Gasteiger partial charge in [-0.3, -0.25) is 0 Å². The fourth-order valence-electron chi connectivity index (χ4n) is 3.61. The lowest BCUT2D eigenvalue weighted by Gasteiger charge is -2.24. The molecule has 1 aliphatic heterocycles. The minimum atomic E-state index is -0.978. The van der Waals surface area contributed by atoms with Crippen molar-refractivity contribution in [3.63, 3.8) is 0 Å². The molecule has 0 saturated carbocycles. The molecule has 0 aliphatic carbocycles. The molecule has 1 fully saturated rings. The molecule has 3 N–H and O–H groups in total. The van der Waals surface area contributed by atoms with Gasteiger partial charge in [0.1, 0.15) is 24.4 Å². The predicted molar refractivity (Wildman–Crippen MR) is 113 cm³/mol. The van der Waals surface area contributed by atoms with Gasteiger partial charge in [0, 0.05) is 6.61 Å². The van der Waals surface area contributed by atoms with E-state index in [1.165, 1.54) is 70.6 Å². The summed E-state index contributed by atoms with van der Waals surface area (Å²) in [4.78, 5) is 0. The second-order valence-electron chi connectivity index (χ2n) is 8.03. The van der Waals surface area contributed by atoms with Crippen molar-refractivity contribution in [2.24, 2.45) is 0 Å². The van der Waals surface area contributed by atoms with Crippen LogP contribution in [-0.4, -0.2) is 59.6 Å². The van der Waals surface area contributed by atoms with Crippen LogP contribution in [0.1, 0.15) is 90.4 Å². The van der Waals surface area contributed by atoms with Crippen molar-refractivity contribution in [1.82, 2.24) is 0 Å². The molecule has 0 aromatic heterocycles. The Morgan fingerprint density at radius 3 is 2.00 bits per heavy atom. The average Bonchev–Trinajstić information content (AvgIpc) is 3.03. The zero-order chi connectivity index (χ0) is 20.5. The SMILES string of the molecule is CCCCC/C=C/CCCCCCCCCCO[C@@H](CO)[C@@H]1OC[C@@H](O)[C@@H]1O. The Hall–Kier alpha value is -0.460. The van der Waals surface area contributed by atoms with Gasteiger partial charge >= 0.3 is 0 Å². The summed E-state index contributed by atoms with van der Waals surface area (Å²) in [5, 5.41) is 28.7. The van der Waals surface area contributed by atoms with E-state index in [-0.39, 0.29) is 13.2 Å². The molecule has 4 atom stereocenters. The second kappa shape index (κ2) is 17.4. The molecule has 1 saturated heterocycles. The zero-order valence-corrected chi connectivity index (χ0v) is 17.9. The molecular formula is C23H44O5. The molecule has 5 heteroatoms. The van der Waals surface area contributed by atoms with Crippen LogP contribution in [0.25, 0.3) is 0 Å². The van der Waals surface area contributed by atoms with Gasteiger partial charge in [-0.2, -0.15) is 0 Å². The number of aliphatic hydroxyl groups is 3. The first-order valence-electron chi connectivity index (χ1n) is 11.6. The number of unbranched alkanes of at least 4 members (excludes halogenated alkanes) is 11. The number of aliphatic hydroxyl groups excluding tert-OH is 3. The van der Waals surface area contributed by atoms with Crippen LogP contribution in [0.3, 0.4) is 0 Å². The Morgan fingerprint density at radius 1 is 0.893 bits per heavy atom. The van der Waals surface area contributed by atoms with Crippen LogP contribution >= 0.6 is 0 Å². The second-order valence-corrected chi connectivity index (χ2v) is 8.03. The van der Waals surface area contributed by atoms with Gasteiger partial charge in [0.15, 0.2) is 0 Å². The lowest BCUT2D eigenvalue weighted by Crippen LogP contribution is -2.42. The monoisotopic (exact) mass is 400 g/mol. The number of ether oxygens (including phenoxy) is 2. The summed E-state index contributed by atoms with van der Waals surface area (Å²) in [6.45, 7) is 2.69. The molecule has 1 heterocycles. The van der Waals surface area contributed by atoms with Crippen molar-refractivity contribution >= 4 is 0 Å². The largest absolute Gasteiger partial charge is 0.394 e. The third kappa shape index (κ3) is 11.5. The maximum Gasteiger partial charge on any atom is 0.114 e. The molecule has 0 unspecified atom stereocenters. The summed E-state index contributed by atoms with van der Waals surface area (Å²) in [6, 6.07) is 0. The first-order chi connectivity index (χ1) is 13.7. The van der Waals surface area contributed by atoms with Crippen molar-refractivity contribution in [3.05, 3.63) is 12.2 Å². The standard InChI is InChI=1S/C23H44O5/c1-2-3-4-5-6-7-8-9-10-11-12-13-14-15-16-17-27-21(18-24)23-22(26)20(25)19-28-23/h6-7,20-26H,2-5,8-19H2,1H3/b7-6+/t20-,21+,22+,23+/m1/s1. The van der Waals surface area contributed by atoms with E-state index in [1.54, 1.807) is 0 Å². The van der Waals surface area contributed by atoms with E-state index >= 15 is 0 Å². The molecule has 0 spiro atoms. The molecule has 0 aromatic carbocycles.